The highest BCUT2D eigenvalue weighted by Gasteiger charge is 2.12. The first-order valence-electron chi connectivity index (χ1n) is 6.03. The van der Waals surface area contributed by atoms with E-state index in [2.05, 4.69) is 15.9 Å². The molecule has 0 saturated heterocycles. The molecule has 106 valence electrons. The monoisotopic (exact) mass is 340 g/mol. The molecule has 5 nitrogen and oxygen atoms in total. The Hall–Kier alpha value is -1.66. The molecule has 2 rings (SSSR count). The molecule has 0 radical (unpaired) electrons. The minimum atomic E-state index is -0.469. The van der Waals surface area contributed by atoms with Gasteiger partial charge in [-0.1, -0.05) is 0 Å². The van der Waals surface area contributed by atoms with Crippen molar-refractivity contribution in [3.05, 3.63) is 38.7 Å². The van der Waals surface area contributed by atoms with E-state index in [-0.39, 0.29) is 0 Å². The van der Waals surface area contributed by atoms with Crippen molar-refractivity contribution >= 4 is 32.9 Å². The van der Waals surface area contributed by atoms with Crippen molar-refractivity contribution in [2.75, 3.05) is 6.61 Å². The number of fused-ring (bicyclic) bond motifs is 1. The molecule has 0 fully saturated rings. The number of esters is 1. The van der Waals surface area contributed by atoms with Gasteiger partial charge in [0.2, 0.25) is 0 Å². The average molecular weight is 341 g/mol. The fourth-order valence-corrected chi connectivity index (χ4v) is 2.22. The molecule has 0 aliphatic heterocycles. The molecule has 0 N–H and O–H groups in total. The van der Waals surface area contributed by atoms with Crippen molar-refractivity contribution in [3.63, 3.8) is 0 Å². The largest absolute Gasteiger partial charge is 0.425 e. The topological polar surface area (TPSA) is 65.7 Å². The molecule has 1 aromatic carbocycles. The van der Waals surface area contributed by atoms with Gasteiger partial charge in [-0.2, -0.15) is 0 Å². The van der Waals surface area contributed by atoms with E-state index < -0.39 is 11.6 Å². The van der Waals surface area contributed by atoms with Crippen LogP contribution in [-0.4, -0.2) is 12.6 Å². The number of rotatable bonds is 4. The summed E-state index contributed by atoms with van der Waals surface area (Å²) < 4.78 is 16.1. The summed E-state index contributed by atoms with van der Waals surface area (Å²) in [5.74, 6) is -0.139. The van der Waals surface area contributed by atoms with Gasteiger partial charge in [0.05, 0.1) is 11.1 Å². The number of carbonyl (C=O) groups is 1. The molecule has 20 heavy (non-hydrogen) atoms. The summed E-state index contributed by atoms with van der Waals surface area (Å²) in [7, 11) is 0. The lowest BCUT2D eigenvalue weighted by Crippen LogP contribution is -2.05. The first-order valence-corrected chi connectivity index (χ1v) is 6.83. The fraction of sp³-hybridized carbons (Fsp3) is 0.286. The summed E-state index contributed by atoms with van der Waals surface area (Å²) in [5.41, 5.74) is 0.614. The second-order valence-electron chi connectivity index (χ2n) is 4.10. The van der Waals surface area contributed by atoms with Crippen LogP contribution in [0.5, 0.6) is 5.75 Å². The van der Waals surface area contributed by atoms with E-state index in [4.69, 9.17) is 13.9 Å². The first-order chi connectivity index (χ1) is 9.51. The number of benzene rings is 1. The predicted molar refractivity (Wildman–Crippen MR) is 76.8 cm³/mol. The van der Waals surface area contributed by atoms with Crippen molar-refractivity contribution in [2.45, 2.75) is 20.5 Å². The normalized spacial score (nSPS) is 10.8. The molecule has 0 bridgehead atoms. The number of ether oxygens (including phenoxy) is 2. The SMILES string of the molecule is CCOCc1cc(=O)oc2cc(OC(C)=O)c(Br)cc12. The van der Waals surface area contributed by atoms with Gasteiger partial charge in [0.1, 0.15) is 11.3 Å². The molecule has 0 unspecified atom stereocenters. The van der Waals surface area contributed by atoms with Gasteiger partial charge in [-0.15, -0.1) is 0 Å². The van der Waals surface area contributed by atoms with Crippen molar-refractivity contribution in [2.24, 2.45) is 0 Å². The Kier molecular flexibility index (Phi) is 4.57. The molecule has 0 spiro atoms. The predicted octanol–water partition coefficient (Wildman–Crippen LogP) is 3.02. The van der Waals surface area contributed by atoms with E-state index >= 15 is 0 Å². The van der Waals surface area contributed by atoms with Gasteiger partial charge in [0, 0.05) is 31.0 Å². The number of hydrogen-bond acceptors (Lipinski definition) is 5. The van der Waals surface area contributed by atoms with Crippen LogP contribution in [0.15, 0.2) is 31.9 Å². The number of carbonyl (C=O) groups excluding carboxylic acids is 1. The molecule has 0 atom stereocenters. The van der Waals surface area contributed by atoms with E-state index in [0.717, 1.165) is 10.9 Å². The van der Waals surface area contributed by atoms with Gasteiger partial charge in [0.15, 0.2) is 0 Å². The second-order valence-corrected chi connectivity index (χ2v) is 4.95. The van der Waals surface area contributed by atoms with E-state index in [0.29, 0.717) is 29.0 Å². The van der Waals surface area contributed by atoms with Gasteiger partial charge in [0.25, 0.3) is 0 Å². The van der Waals surface area contributed by atoms with Crippen LogP contribution in [-0.2, 0) is 16.1 Å². The lowest BCUT2D eigenvalue weighted by Gasteiger charge is -2.09. The standard InChI is InChI=1S/C14H13BrO5/c1-3-18-7-9-4-14(17)20-12-6-13(19-8(2)16)11(15)5-10(9)12/h4-6H,3,7H2,1-2H3. The van der Waals surface area contributed by atoms with E-state index in [1.165, 1.54) is 19.1 Å². The molecule has 0 saturated carbocycles. The summed E-state index contributed by atoms with van der Waals surface area (Å²) in [5, 5.41) is 0.737. The molecular weight excluding hydrogens is 328 g/mol. The van der Waals surface area contributed by atoms with Crippen molar-refractivity contribution < 1.29 is 18.7 Å². The molecule has 2 aromatic rings. The molecular formula is C14H13BrO5. The minimum absolute atomic E-state index is 0.307. The smallest absolute Gasteiger partial charge is 0.336 e. The van der Waals surface area contributed by atoms with E-state index in [9.17, 15) is 9.59 Å². The zero-order valence-corrected chi connectivity index (χ0v) is 12.7. The minimum Gasteiger partial charge on any atom is -0.425 e. The van der Waals surface area contributed by atoms with Gasteiger partial charge in [-0.05, 0) is 34.5 Å². The highest BCUT2D eigenvalue weighted by atomic mass is 79.9. The summed E-state index contributed by atoms with van der Waals surface area (Å²) in [6, 6.07) is 4.65. The average Bonchev–Trinajstić information content (AvgIpc) is 2.37. The fourth-order valence-electron chi connectivity index (χ4n) is 1.79. The zero-order valence-electron chi connectivity index (χ0n) is 11.1. The molecule has 1 aromatic heterocycles. The van der Waals surface area contributed by atoms with Gasteiger partial charge in [-0.3, -0.25) is 4.79 Å². The third-order valence-electron chi connectivity index (χ3n) is 2.60. The zero-order chi connectivity index (χ0) is 14.7. The Morgan fingerprint density at radius 3 is 2.75 bits per heavy atom. The third-order valence-corrected chi connectivity index (χ3v) is 3.22. The van der Waals surface area contributed by atoms with Crippen molar-refractivity contribution in [1.29, 1.82) is 0 Å². The van der Waals surface area contributed by atoms with Crippen LogP contribution in [0.2, 0.25) is 0 Å². The third kappa shape index (κ3) is 3.26. The van der Waals surface area contributed by atoms with Gasteiger partial charge >= 0.3 is 11.6 Å². The highest BCUT2D eigenvalue weighted by molar-refractivity contribution is 9.10. The van der Waals surface area contributed by atoms with E-state index in [1.807, 2.05) is 6.92 Å². The van der Waals surface area contributed by atoms with Crippen LogP contribution in [0, 0.1) is 0 Å². The van der Waals surface area contributed by atoms with Crippen LogP contribution in [0.4, 0.5) is 0 Å². The maximum absolute atomic E-state index is 11.5. The van der Waals surface area contributed by atoms with Crippen LogP contribution >= 0.6 is 15.9 Å². The highest BCUT2D eigenvalue weighted by Crippen LogP contribution is 2.31. The summed E-state index contributed by atoms with van der Waals surface area (Å²) >= 11 is 3.33. The van der Waals surface area contributed by atoms with Crippen LogP contribution in [0.3, 0.4) is 0 Å². The maximum atomic E-state index is 11.5. The maximum Gasteiger partial charge on any atom is 0.336 e. The Labute approximate surface area is 123 Å². The lowest BCUT2D eigenvalue weighted by atomic mass is 10.1. The van der Waals surface area contributed by atoms with Gasteiger partial charge in [-0.25, -0.2) is 4.79 Å². The van der Waals surface area contributed by atoms with Crippen LogP contribution < -0.4 is 10.4 Å². The summed E-state index contributed by atoms with van der Waals surface area (Å²) in [4.78, 5) is 22.6. The molecule has 0 aliphatic rings. The lowest BCUT2D eigenvalue weighted by molar-refractivity contribution is -0.131. The number of hydrogen-bond donors (Lipinski definition) is 0. The quantitative estimate of drug-likeness (QED) is 0.486. The van der Waals surface area contributed by atoms with Crippen molar-refractivity contribution in [3.8, 4) is 5.75 Å². The Balaban J connectivity index is 2.58. The Morgan fingerprint density at radius 1 is 1.35 bits per heavy atom. The van der Waals surface area contributed by atoms with Crippen molar-refractivity contribution in [1.82, 2.24) is 0 Å². The van der Waals surface area contributed by atoms with Gasteiger partial charge < -0.3 is 13.9 Å². The number of halogens is 1. The Morgan fingerprint density at radius 2 is 2.10 bits per heavy atom. The molecule has 0 aliphatic carbocycles. The first kappa shape index (κ1) is 14.7. The second kappa shape index (κ2) is 6.19. The van der Waals surface area contributed by atoms with Crippen LogP contribution in [0.25, 0.3) is 11.0 Å². The Bertz CT molecular complexity index is 705. The summed E-state index contributed by atoms with van der Waals surface area (Å²) in [6.45, 7) is 4.05. The molecule has 0 amide bonds. The van der Waals surface area contributed by atoms with Crippen LogP contribution in [0.1, 0.15) is 19.4 Å². The van der Waals surface area contributed by atoms with E-state index in [1.54, 1.807) is 6.07 Å². The summed E-state index contributed by atoms with van der Waals surface area (Å²) in [6.07, 6.45) is 0. The molecule has 6 heteroatoms. The molecule has 1 heterocycles.